The van der Waals surface area contributed by atoms with Crippen molar-refractivity contribution in [3.8, 4) is 12.1 Å². The first-order valence-electron chi connectivity index (χ1n) is 22.0. The van der Waals surface area contributed by atoms with Crippen LogP contribution in [0.5, 0.6) is 0 Å². The lowest BCUT2D eigenvalue weighted by Crippen LogP contribution is -2.65. The molecule has 0 radical (unpaired) electrons. The Morgan fingerprint density at radius 3 is 0.794 bits per heavy atom. The van der Waals surface area contributed by atoms with Crippen LogP contribution in [0.2, 0.25) is 78.6 Å². The van der Waals surface area contributed by atoms with E-state index in [4.69, 9.17) is 42.1 Å². The molecule has 0 fully saturated rings. The van der Waals surface area contributed by atoms with Gasteiger partial charge in [-0.25, -0.2) is 19.2 Å². The summed E-state index contributed by atoms with van der Waals surface area (Å²) in [6.07, 6.45) is 0. The maximum absolute atomic E-state index is 15.3. The van der Waals surface area contributed by atoms with Crippen LogP contribution in [0.4, 0.5) is 0 Å². The smallest absolute Gasteiger partial charge is 0.338 e. The van der Waals surface area contributed by atoms with Gasteiger partial charge in [0.15, 0.2) is 22.4 Å². The number of hydrogen-bond donors (Lipinski definition) is 0. The molecule has 0 heterocycles. The van der Waals surface area contributed by atoms with E-state index in [0.717, 1.165) is 0 Å². The Bertz CT molecular complexity index is 2820. The Morgan fingerprint density at radius 1 is 0.456 bits per heavy atom. The number of carbonyl (C=O) groups excluding carboxylic acids is 6. The number of esters is 4. The number of allylic oxidation sites excluding steroid dienone is 2. The molecule has 0 N–H and O–H groups in total. The molecule has 12 nitrogen and oxygen atoms in total. The largest absolute Gasteiger partial charge is 0.465 e. The second kappa shape index (κ2) is 16.2. The van der Waals surface area contributed by atoms with E-state index in [2.05, 4.69) is 12.1 Å². The molecule has 0 spiro atoms. The van der Waals surface area contributed by atoms with Crippen molar-refractivity contribution in [2.75, 3.05) is 28.4 Å². The van der Waals surface area contributed by atoms with Gasteiger partial charge in [0.2, 0.25) is 0 Å². The van der Waals surface area contributed by atoms with Gasteiger partial charge in [0.25, 0.3) is 0 Å². The standard InChI is InChI=1S/C50H54Cl2N2O10Si4/c1-61-45(57)31-32(46(58)62-2)40(66(8,9)10)28-18-24-23(17-27(28)39(31)65(5,6)7)35-25-19-29-30(20-26(25)36(24)50(22-54)44(56)38(52)37(51)43(55)49(35,50)21-53)42(68(14,15)16)34(48(60)64-4)33(47(59)63-3)41(29)67(11,12)13/h17-20,35-36H,1-16H3. The molecule has 2 bridgehead atoms. The number of nitrogens with zero attached hydrogens (tertiary/aromatic N) is 2. The summed E-state index contributed by atoms with van der Waals surface area (Å²) in [6, 6.07) is 11.9. The molecule has 4 aliphatic rings. The van der Waals surface area contributed by atoms with E-state index in [-0.39, 0.29) is 22.3 Å². The second-order valence-corrected chi connectivity index (χ2v) is 42.8. The summed E-state index contributed by atoms with van der Waals surface area (Å²) in [4.78, 5) is 87.4. The second-order valence-electron chi connectivity index (χ2n) is 22.0. The van der Waals surface area contributed by atoms with E-state index < -0.39 is 100 Å². The van der Waals surface area contributed by atoms with Gasteiger partial charge < -0.3 is 18.9 Å². The molecule has 2 atom stereocenters. The Morgan fingerprint density at radius 2 is 0.647 bits per heavy atom. The first-order valence-corrected chi connectivity index (χ1v) is 36.8. The van der Waals surface area contributed by atoms with Crippen LogP contribution in [0.3, 0.4) is 0 Å². The van der Waals surface area contributed by atoms with Gasteiger partial charge in [-0.3, -0.25) is 9.59 Å². The van der Waals surface area contributed by atoms with Crippen LogP contribution in [-0.2, 0) is 28.5 Å². The van der Waals surface area contributed by atoms with Crippen LogP contribution < -0.4 is 20.7 Å². The van der Waals surface area contributed by atoms with Crippen molar-refractivity contribution in [1.29, 1.82) is 10.5 Å². The van der Waals surface area contributed by atoms with Gasteiger partial charge in [-0.05, 0) is 64.5 Å². The summed E-state index contributed by atoms with van der Waals surface area (Å²) in [7, 11) is -5.96. The van der Waals surface area contributed by atoms with Crippen molar-refractivity contribution in [2.24, 2.45) is 10.8 Å². The van der Waals surface area contributed by atoms with Crippen LogP contribution in [0, 0.1) is 33.5 Å². The fourth-order valence-electron chi connectivity index (χ4n) is 11.8. The normalized spacial score (nSPS) is 21.1. The summed E-state index contributed by atoms with van der Waals surface area (Å²) in [5.41, 5.74) is -2.92. The molecule has 0 aliphatic heterocycles. The lowest BCUT2D eigenvalue weighted by Gasteiger charge is -2.58. The van der Waals surface area contributed by atoms with Crippen LogP contribution in [-0.4, -0.2) is 96.2 Å². The molecule has 8 rings (SSSR count). The number of Topliss-reactive ketones (excluding diaryl/α,β-unsaturated/α-hetero) is 2. The minimum absolute atomic E-state index is 0.0780. The highest BCUT2D eigenvalue weighted by Gasteiger charge is 2.78. The van der Waals surface area contributed by atoms with Crippen LogP contribution in [0.1, 0.15) is 75.5 Å². The molecular weight excluding hydrogens is 972 g/mol. The quantitative estimate of drug-likeness (QED) is 0.0950. The van der Waals surface area contributed by atoms with Crippen molar-refractivity contribution < 1.29 is 47.7 Å². The van der Waals surface area contributed by atoms with Crippen LogP contribution >= 0.6 is 23.2 Å². The first kappa shape index (κ1) is 50.7. The fourth-order valence-corrected chi connectivity index (χ4v) is 20.2. The molecule has 2 unspecified atom stereocenters. The third kappa shape index (κ3) is 6.58. The van der Waals surface area contributed by atoms with Crippen molar-refractivity contribution in [2.45, 2.75) is 90.4 Å². The predicted molar refractivity (Wildman–Crippen MR) is 274 cm³/mol. The molecule has 0 aromatic heterocycles. The zero-order chi connectivity index (χ0) is 51.1. The SMILES string of the molecule is COC(=O)c1c(C(=O)OC)c([Si](C)(C)C)c2cc3c(cc2c1[Si](C)(C)C)C1c2cc4c([Si](C)(C)C)c(C(=O)OC)c(C(=O)OC)c([Si](C)(C)C)c4cc2C3C2(C#N)C(=O)C(Cl)=C(Cl)C(=O)C12C#N. The molecule has 4 aromatic carbocycles. The highest BCUT2D eigenvalue weighted by Crippen LogP contribution is 2.73. The average molecular weight is 1030 g/mol. The number of nitriles is 2. The molecule has 0 saturated heterocycles. The lowest BCUT2D eigenvalue weighted by molar-refractivity contribution is -0.141. The Hall–Kier alpha value is -5.21. The highest BCUT2D eigenvalue weighted by atomic mass is 35.5. The number of halogens is 2. The molecule has 0 amide bonds. The van der Waals surface area contributed by atoms with Crippen molar-refractivity contribution in [1.82, 2.24) is 0 Å². The number of benzene rings is 4. The van der Waals surface area contributed by atoms with Gasteiger partial charge in [0, 0.05) is 11.8 Å². The zero-order valence-corrected chi connectivity index (χ0v) is 46.7. The number of hydrogen-bond acceptors (Lipinski definition) is 12. The molecule has 18 heteroatoms. The van der Waals surface area contributed by atoms with Crippen LogP contribution in [0.15, 0.2) is 34.3 Å². The van der Waals surface area contributed by atoms with Gasteiger partial charge in [0.05, 0.1) is 95.1 Å². The van der Waals surface area contributed by atoms with E-state index in [1.165, 1.54) is 28.4 Å². The Balaban J connectivity index is 1.88. The molecule has 4 aromatic rings. The third-order valence-electron chi connectivity index (χ3n) is 14.0. The topological polar surface area (TPSA) is 187 Å². The first-order chi connectivity index (χ1) is 31.4. The van der Waals surface area contributed by atoms with Gasteiger partial charge >= 0.3 is 23.9 Å². The maximum atomic E-state index is 15.3. The number of methoxy groups -OCH3 is 4. The summed E-state index contributed by atoms with van der Waals surface area (Å²) >= 11 is 13.4. The minimum atomic E-state index is -2.74. The average Bonchev–Trinajstić information content (AvgIpc) is 3.26. The van der Waals surface area contributed by atoms with E-state index >= 15 is 9.59 Å². The number of ketones is 2. The van der Waals surface area contributed by atoms with Gasteiger partial charge in [-0.2, -0.15) is 10.5 Å². The van der Waals surface area contributed by atoms with E-state index in [0.29, 0.717) is 64.5 Å². The van der Waals surface area contributed by atoms with E-state index in [1.54, 1.807) is 0 Å². The maximum Gasteiger partial charge on any atom is 0.338 e. The molecule has 0 saturated carbocycles. The summed E-state index contributed by atoms with van der Waals surface area (Å²) in [5, 5.41) is 26.9. The van der Waals surface area contributed by atoms with Gasteiger partial charge in [0.1, 0.15) is 10.1 Å². The summed E-state index contributed by atoms with van der Waals surface area (Å²) in [5.74, 6) is -7.66. The zero-order valence-electron chi connectivity index (χ0n) is 41.2. The Labute approximate surface area is 409 Å². The minimum Gasteiger partial charge on any atom is -0.465 e. The number of carbonyl (C=O) groups is 6. The lowest BCUT2D eigenvalue weighted by atomic mass is 9.37. The monoisotopic (exact) mass is 1020 g/mol. The van der Waals surface area contributed by atoms with Crippen molar-refractivity contribution >= 4 is 133 Å². The van der Waals surface area contributed by atoms with Gasteiger partial charge in [-0.1, -0.05) is 126 Å². The summed E-state index contributed by atoms with van der Waals surface area (Å²) < 4.78 is 21.7. The fraction of sp³-hybridized carbons (Fsp3) is 0.400. The predicted octanol–water partition coefficient (Wildman–Crippen LogP) is 7.77. The highest BCUT2D eigenvalue weighted by molar-refractivity contribution is 6.95. The number of ether oxygens (including phenoxy) is 4. The summed E-state index contributed by atoms with van der Waals surface area (Å²) in [6.45, 7) is 24.3. The van der Waals surface area contributed by atoms with E-state index in [9.17, 15) is 29.7 Å². The van der Waals surface area contributed by atoms with Crippen molar-refractivity contribution in [3.05, 3.63) is 78.8 Å². The number of rotatable bonds is 8. The third-order valence-corrected chi connectivity index (χ3v) is 22.9. The van der Waals surface area contributed by atoms with Gasteiger partial charge in [-0.15, -0.1) is 0 Å². The number of fused-ring (bicyclic) bond motifs is 2. The van der Waals surface area contributed by atoms with Crippen LogP contribution in [0.25, 0.3) is 21.5 Å². The Kier molecular flexibility index (Phi) is 12.1. The molecule has 68 heavy (non-hydrogen) atoms. The molecule has 354 valence electrons. The van der Waals surface area contributed by atoms with E-state index in [1.807, 2.05) is 103 Å². The molecular formula is C50H54Cl2N2O10Si4. The van der Waals surface area contributed by atoms with Crippen molar-refractivity contribution in [3.63, 3.8) is 0 Å². The molecule has 4 aliphatic carbocycles.